The average molecular weight is 513 g/mol. The number of carbonyl (C=O) groups excluding carboxylic acids is 2. The molecule has 2 aromatic carbocycles. The van der Waals surface area contributed by atoms with Gasteiger partial charge >= 0.3 is 0 Å². The minimum atomic E-state index is -0.893. The van der Waals surface area contributed by atoms with Crippen LogP contribution in [0.2, 0.25) is 0 Å². The number of hydrogen-bond donors (Lipinski definition) is 3. The highest BCUT2D eigenvalue weighted by Crippen LogP contribution is 2.33. The van der Waals surface area contributed by atoms with Crippen LogP contribution in [-0.4, -0.2) is 56.3 Å². The van der Waals surface area contributed by atoms with Crippen molar-refractivity contribution in [2.75, 3.05) is 33.4 Å². The molecule has 1 aliphatic heterocycles. The highest BCUT2D eigenvalue weighted by Gasteiger charge is 2.24. The number of methoxy groups -OCH3 is 1. The third kappa shape index (κ3) is 9.05. The van der Waals surface area contributed by atoms with E-state index in [1.54, 1.807) is 43.5 Å². The molecule has 0 radical (unpaired) electrons. The summed E-state index contributed by atoms with van der Waals surface area (Å²) in [6.07, 6.45) is 4.16. The van der Waals surface area contributed by atoms with E-state index in [-0.39, 0.29) is 11.7 Å². The number of ether oxygens (including phenoxy) is 3. The summed E-state index contributed by atoms with van der Waals surface area (Å²) in [5, 5.41) is 17.4. The molecular formula is C29H40N2O6. The maximum absolute atomic E-state index is 12.7. The van der Waals surface area contributed by atoms with Gasteiger partial charge in [-0.3, -0.25) is 9.59 Å². The fourth-order valence-corrected chi connectivity index (χ4v) is 4.23. The minimum Gasteiger partial charge on any atom is -0.497 e. The van der Waals surface area contributed by atoms with Gasteiger partial charge in [-0.2, -0.15) is 0 Å². The highest BCUT2D eigenvalue weighted by molar-refractivity contribution is 5.96. The van der Waals surface area contributed by atoms with Gasteiger partial charge in [0.15, 0.2) is 17.3 Å². The molecule has 0 unspecified atom stereocenters. The third-order valence-electron chi connectivity index (χ3n) is 6.43. The number of amides is 1. The number of carbonyl (C=O) groups is 2. The molecule has 0 fully saturated rings. The Morgan fingerprint density at radius 1 is 0.973 bits per heavy atom. The lowest BCUT2D eigenvalue weighted by atomic mass is 10.0. The largest absolute Gasteiger partial charge is 0.497 e. The Labute approximate surface area is 219 Å². The van der Waals surface area contributed by atoms with E-state index < -0.39 is 12.1 Å². The molecule has 0 saturated carbocycles. The van der Waals surface area contributed by atoms with Crippen LogP contribution in [0.3, 0.4) is 0 Å². The van der Waals surface area contributed by atoms with Gasteiger partial charge in [0, 0.05) is 24.9 Å². The van der Waals surface area contributed by atoms with Gasteiger partial charge in [-0.1, -0.05) is 25.8 Å². The van der Waals surface area contributed by atoms with Gasteiger partial charge in [0.1, 0.15) is 25.1 Å². The molecule has 1 heterocycles. The number of aliphatic hydroxyl groups excluding tert-OH is 1. The van der Waals surface area contributed by atoms with E-state index in [9.17, 15) is 14.7 Å². The molecule has 37 heavy (non-hydrogen) atoms. The lowest BCUT2D eigenvalue weighted by Crippen LogP contribution is -2.46. The Balaban J connectivity index is 1.46. The molecule has 3 rings (SSSR count). The fourth-order valence-electron chi connectivity index (χ4n) is 4.23. The van der Waals surface area contributed by atoms with Crippen LogP contribution in [0.25, 0.3) is 0 Å². The van der Waals surface area contributed by atoms with Crippen molar-refractivity contribution in [2.24, 2.45) is 0 Å². The van der Waals surface area contributed by atoms with Gasteiger partial charge < -0.3 is 30.0 Å². The van der Waals surface area contributed by atoms with Crippen LogP contribution in [0.4, 0.5) is 0 Å². The normalized spacial score (nSPS) is 14.0. The number of nitrogens with one attached hydrogen (secondary N) is 2. The lowest BCUT2D eigenvalue weighted by Gasteiger charge is -2.26. The maximum atomic E-state index is 12.7. The first-order chi connectivity index (χ1) is 18.0. The quantitative estimate of drug-likeness (QED) is 0.229. The summed E-state index contributed by atoms with van der Waals surface area (Å²) in [5.74, 6) is 1.97. The summed E-state index contributed by atoms with van der Waals surface area (Å²) in [6, 6.07) is 12.0. The second-order valence-corrected chi connectivity index (χ2v) is 9.29. The zero-order valence-corrected chi connectivity index (χ0v) is 22.0. The number of aliphatic hydroxyl groups is 1. The third-order valence-corrected chi connectivity index (χ3v) is 6.43. The van der Waals surface area contributed by atoms with Crippen molar-refractivity contribution in [3.8, 4) is 17.2 Å². The van der Waals surface area contributed by atoms with Crippen molar-refractivity contribution in [3.63, 3.8) is 0 Å². The van der Waals surface area contributed by atoms with Gasteiger partial charge in [0.05, 0.1) is 13.2 Å². The topological polar surface area (TPSA) is 106 Å². The van der Waals surface area contributed by atoms with Crippen LogP contribution in [0, 0.1) is 0 Å². The van der Waals surface area contributed by atoms with Crippen LogP contribution < -0.4 is 24.8 Å². The molecule has 0 aliphatic carbocycles. The minimum absolute atomic E-state index is 0.0906. The second-order valence-electron chi connectivity index (χ2n) is 9.29. The Morgan fingerprint density at radius 3 is 2.43 bits per heavy atom. The molecule has 202 valence electrons. The van der Waals surface area contributed by atoms with Gasteiger partial charge in [0.25, 0.3) is 0 Å². The van der Waals surface area contributed by atoms with E-state index in [4.69, 9.17) is 14.2 Å². The summed E-state index contributed by atoms with van der Waals surface area (Å²) in [5.41, 5.74) is 1.34. The summed E-state index contributed by atoms with van der Waals surface area (Å²) < 4.78 is 16.4. The number of Topliss-reactive ketones (excluding diaryl/α,β-unsaturated/α-hetero) is 1. The van der Waals surface area contributed by atoms with Gasteiger partial charge in [-0.25, -0.2) is 0 Å². The Bertz CT molecular complexity index is 994. The first-order valence-electron chi connectivity index (χ1n) is 13.3. The summed E-state index contributed by atoms with van der Waals surface area (Å²) in [6.45, 7) is 4.37. The zero-order chi connectivity index (χ0) is 26.5. The molecule has 0 saturated heterocycles. The fraction of sp³-hybridized carbons (Fsp3) is 0.517. The summed E-state index contributed by atoms with van der Waals surface area (Å²) in [7, 11) is 1.59. The lowest BCUT2D eigenvalue weighted by molar-refractivity contribution is -0.122. The summed E-state index contributed by atoms with van der Waals surface area (Å²) >= 11 is 0. The molecule has 1 aliphatic rings. The number of ketones is 1. The van der Waals surface area contributed by atoms with E-state index in [0.717, 1.165) is 38.0 Å². The van der Waals surface area contributed by atoms with Crippen LogP contribution in [0.15, 0.2) is 42.5 Å². The predicted molar refractivity (Wildman–Crippen MR) is 143 cm³/mol. The van der Waals surface area contributed by atoms with E-state index in [1.165, 1.54) is 0 Å². The van der Waals surface area contributed by atoms with Gasteiger partial charge in [-0.05, 0) is 67.8 Å². The van der Waals surface area contributed by atoms with Crippen molar-refractivity contribution in [2.45, 2.75) is 64.0 Å². The first-order valence-corrected chi connectivity index (χ1v) is 13.3. The van der Waals surface area contributed by atoms with Crippen LogP contribution in [-0.2, 0) is 4.79 Å². The summed E-state index contributed by atoms with van der Waals surface area (Å²) in [4.78, 5) is 25.1. The Hall–Kier alpha value is -3.10. The average Bonchev–Trinajstić information content (AvgIpc) is 2.93. The molecular weight excluding hydrogens is 472 g/mol. The molecule has 2 atom stereocenters. The van der Waals surface area contributed by atoms with E-state index in [2.05, 4.69) is 17.6 Å². The smallest absolute Gasteiger partial charge is 0.220 e. The Morgan fingerprint density at radius 2 is 1.70 bits per heavy atom. The molecule has 0 bridgehead atoms. The highest BCUT2D eigenvalue weighted by atomic mass is 16.6. The zero-order valence-electron chi connectivity index (χ0n) is 22.0. The van der Waals surface area contributed by atoms with Crippen LogP contribution in [0.1, 0.15) is 73.9 Å². The molecule has 0 spiro atoms. The number of rotatable bonds is 16. The van der Waals surface area contributed by atoms with Crippen molar-refractivity contribution in [1.29, 1.82) is 0 Å². The molecule has 8 nitrogen and oxygen atoms in total. The van der Waals surface area contributed by atoms with E-state index >= 15 is 0 Å². The van der Waals surface area contributed by atoms with Crippen molar-refractivity contribution >= 4 is 11.7 Å². The van der Waals surface area contributed by atoms with Crippen molar-refractivity contribution < 1.29 is 28.9 Å². The predicted octanol–water partition coefficient (Wildman–Crippen LogP) is 4.21. The monoisotopic (exact) mass is 512 g/mol. The number of fused-ring (bicyclic) bond motifs is 1. The van der Waals surface area contributed by atoms with Crippen molar-refractivity contribution in [3.05, 3.63) is 53.6 Å². The number of hydrogen-bond acceptors (Lipinski definition) is 7. The first kappa shape index (κ1) is 28.5. The SMILES string of the molecule is CCCCNC[C@@H](NC(=O)CCCCCC(=O)c1ccc(OC)cc1)[C@H](O)c1ccc2c(c1)OCCO2. The van der Waals surface area contributed by atoms with Gasteiger partial charge in [-0.15, -0.1) is 0 Å². The van der Waals surface area contributed by atoms with Crippen molar-refractivity contribution in [1.82, 2.24) is 10.6 Å². The number of benzene rings is 2. The molecule has 3 N–H and O–H groups in total. The number of unbranched alkanes of at least 4 members (excludes halogenated alkanes) is 3. The maximum Gasteiger partial charge on any atom is 0.220 e. The standard InChI is InChI=1S/C29H40N2O6/c1-3-4-16-30-20-24(29(34)22-12-15-26-27(19-22)37-18-17-36-26)31-28(33)9-7-5-6-8-25(32)21-10-13-23(35-2)14-11-21/h10-15,19,24,29-30,34H,3-9,16-18,20H2,1-2H3,(H,31,33)/t24-,29-/m1/s1. The van der Waals surface area contributed by atoms with Gasteiger partial charge in [0.2, 0.25) is 5.91 Å². The van der Waals surface area contributed by atoms with E-state index in [1.807, 2.05) is 6.07 Å². The Kier molecular flexibility index (Phi) is 11.7. The second kappa shape index (κ2) is 15.2. The molecule has 0 aromatic heterocycles. The molecule has 2 aromatic rings. The van der Waals surface area contributed by atoms with Crippen LogP contribution >= 0.6 is 0 Å². The molecule has 8 heteroatoms. The van der Waals surface area contributed by atoms with E-state index in [0.29, 0.717) is 61.6 Å². The van der Waals surface area contributed by atoms with Crippen LogP contribution in [0.5, 0.6) is 17.2 Å². The molecule has 1 amide bonds.